The fourth-order valence-electron chi connectivity index (χ4n) is 2.48. The smallest absolute Gasteiger partial charge is 0.269 e. The van der Waals surface area contributed by atoms with Crippen LogP contribution >= 0.6 is 28.1 Å². The molecule has 0 aromatic heterocycles. The second-order valence-electron chi connectivity index (χ2n) is 7.68. The number of halogens is 1. The van der Waals surface area contributed by atoms with E-state index in [1.165, 1.54) is 0 Å². The van der Waals surface area contributed by atoms with Gasteiger partial charge in [0.05, 0.1) is 11.1 Å². The maximum Gasteiger partial charge on any atom is 0.269 e. The average molecular weight is 492 g/mol. The zero-order valence-electron chi connectivity index (χ0n) is 17.5. The van der Waals surface area contributed by atoms with Gasteiger partial charge in [0, 0.05) is 11.1 Å². The van der Waals surface area contributed by atoms with Crippen LogP contribution in [0.3, 0.4) is 0 Å². The van der Waals surface area contributed by atoms with Gasteiger partial charge in [-0.15, -0.1) is 0 Å². The summed E-state index contributed by atoms with van der Waals surface area (Å²) in [5.41, 5.74) is 7.05. The van der Waals surface area contributed by atoms with Gasteiger partial charge in [-0.1, -0.05) is 39.8 Å². The van der Waals surface area contributed by atoms with Gasteiger partial charge in [-0.3, -0.25) is 25.8 Å². The van der Waals surface area contributed by atoms with Crippen molar-refractivity contribution in [1.29, 1.82) is 0 Å². The van der Waals surface area contributed by atoms with E-state index in [0.29, 0.717) is 28.0 Å². The summed E-state index contributed by atoms with van der Waals surface area (Å²) in [6, 6.07) is 12.3. The Hall–Kier alpha value is -2.45. The first-order chi connectivity index (χ1) is 14.1. The predicted molar refractivity (Wildman–Crippen MR) is 126 cm³/mol. The molecule has 0 aliphatic heterocycles. The molecule has 0 saturated carbocycles. The topological polar surface area (TPSA) is 79.5 Å². The van der Waals surface area contributed by atoms with Crippen molar-refractivity contribution < 1.29 is 14.3 Å². The summed E-state index contributed by atoms with van der Waals surface area (Å²) in [5.74, 6) is -0.0925. The van der Waals surface area contributed by atoms with Crippen LogP contribution < -0.4 is 20.9 Å². The van der Waals surface area contributed by atoms with Crippen LogP contribution in [0.5, 0.6) is 5.75 Å². The van der Waals surface area contributed by atoms with Crippen molar-refractivity contribution in [1.82, 2.24) is 16.2 Å². The van der Waals surface area contributed by atoms with E-state index in [1.807, 2.05) is 19.1 Å². The van der Waals surface area contributed by atoms with E-state index < -0.39 is 5.91 Å². The molecule has 2 amide bonds. The molecule has 6 nitrogen and oxygen atoms in total. The summed E-state index contributed by atoms with van der Waals surface area (Å²) in [6.07, 6.45) is 0.890. The Morgan fingerprint density at radius 2 is 1.63 bits per heavy atom. The molecule has 0 atom stereocenters. The quantitative estimate of drug-likeness (QED) is 0.424. The minimum absolute atomic E-state index is 0.00836. The molecule has 0 radical (unpaired) electrons. The van der Waals surface area contributed by atoms with Crippen molar-refractivity contribution in [3.8, 4) is 5.75 Å². The largest absolute Gasteiger partial charge is 0.492 e. The van der Waals surface area contributed by atoms with E-state index in [2.05, 4.69) is 52.9 Å². The molecule has 0 bridgehead atoms. The molecule has 3 N–H and O–H groups in total. The van der Waals surface area contributed by atoms with Gasteiger partial charge in [-0.05, 0) is 75.9 Å². The van der Waals surface area contributed by atoms with Gasteiger partial charge in [0.15, 0.2) is 5.11 Å². The molecule has 0 saturated heterocycles. The van der Waals surface area contributed by atoms with Crippen LogP contribution in [0, 0.1) is 0 Å². The molecule has 2 aromatic rings. The number of amides is 2. The van der Waals surface area contributed by atoms with Crippen LogP contribution in [0.4, 0.5) is 0 Å². The highest BCUT2D eigenvalue weighted by Gasteiger charge is 2.15. The summed E-state index contributed by atoms with van der Waals surface area (Å²) >= 11 is 8.48. The predicted octanol–water partition coefficient (Wildman–Crippen LogP) is 4.48. The second-order valence-corrected chi connectivity index (χ2v) is 8.95. The number of hydrazine groups is 1. The molecular formula is C22H26BrN3O3S. The monoisotopic (exact) mass is 491 g/mol. The van der Waals surface area contributed by atoms with Crippen LogP contribution in [0.1, 0.15) is 60.4 Å². The minimum atomic E-state index is -0.404. The molecule has 0 spiro atoms. The summed E-state index contributed by atoms with van der Waals surface area (Å²) < 4.78 is 6.25. The first-order valence-electron chi connectivity index (χ1n) is 9.56. The van der Waals surface area contributed by atoms with Crippen LogP contribution in [-0.4, -0.2) is 23.5 Å². The molecule has 0 unspecified atom stereocenters. The Morgan fingerprint density at radius 1 is 1.00 bits per heavy atom. The maximum atomic E-state index is 12.4. The van der Waals surface area contributed by atoms with Gasteiger partial charge in [-0.2, -0.15) is 0 Å². The van der Waals surface area contributed by atoms with Gasteiger partial charge in [-0.25, -0.2) is 0 Å². The molecule has 30 heavy (non-hydrogen) atoms. The zero-order chi connectivity index (χ0) is 22.3. The summed E-state index contributed by atoms with van der Waals surface area (Å²) in [5, 5.41) is 2.51. The highest BCUT2D eigenvalue weighted by molar-refractivity contribution is 9.10. The van der Waals surface area contributed by atoms with Crippen molar-refractivity contribution in [2.24, 2.45) is 0 Å². The number of carbonyl (C=O) groups excluding carboxylic acids is 2. The molecule has 0 fully saturated rings. The van der Waals surface area contributed by atoms with Crippen molar-refractivity contribution in [3.63, 3.8) is 0 Å². The summed E-state index contributed by atoms with van der Waals surface area (Å²) in [7, 11) is 0. The van der Waals surface area contributed by atoms with Crippen LogP contribution in [0.15, 0.2) is 46.9 Å². The zero-order valence-corrected chi connectivity index (χ0v) is 19.9. The fraction of sp³-hybridized carbons (Fsp3) is 0.318. The van der Waals surface area contributed by atoms with Crippen LogP contribution in [0.25, 0.3) is 0 Å². The summed E-state index contributed by atoms with van der Waals surface area (Å²) in [4.78, 5) is 24.6. The Kier molecular flexibility index (Phi) is 8.37. The average Bonchev–Trinajstić information content (AvgIpc) is 2.70. The van der Waals surface area contributed by atoms with Gasteiger partial charge in [0.25, 0.3) is 11.8 Å². The Balaban J connectivity index is 1.88. The van der Waals surface area contributed by atoms with Crippen molar-refractivity contribution in [3.05, 3.63) is 63.6 Å². The second kappa shape index (κ2) is 10.5. The molecule has 0 heterocycles. The Morgan fingerprint density at radius 3 is 2.20 bits per heavy atom. The van der Waals surface area contributed by atoms with Crippen LogP contribution in [0.2, 0.25) is 0 Å². The Labute approximate surface area is 190 Å². The van der Waals surface area contributed by atoms with Crippen molar-refractivity contribution in [2.45, 2.75) is 39.5 Å². The molecule has 2 rings (SSSR count). The number of rotatable bonds is 5. The summed E-state index contributed by atoms with van der Waals surface area (Å²) in [6.45, 7) is 8.93. The number of carbonyl (C=O) groups is 2. The first-order valence-corrected chi connectivity index (χ1v) is 10.8. The fourth-order valence-corrected chi connectivity index (χ4v) is 3.12. The first kappa shape index (κ1) is 23.8. The van der Waals surface area contributed by atoms with E-state index in [4.69, 9.17) is 17.0 Å². The molecule has 0 aliphatic rings. The lowest BCUT2D eigenvalue weighted by Crippen LogP contribution is -2.48. The molecule has 8 heteroatoms. The van der Waals surface area contributed by atoms with E-state index in [1.54, 1.807) is 30.3 Å². The molecule has 2 aromatic carbocycles. The number of ether oxygens (including phenoxy) is 1. The standard InChI is InChI=1S/C22H26BrN3O3S/c1-5-12-29-18-11-8-15(13-17(18)23)19(27)24-21(30)26-25-20(28)14-6-9-16(10-7-14)22(2,3)4/h6-11,13H,5,12H2,1-4H3,(H,25,28)(H2,24,26,27,30). The lowest BCUT2D eigenvalue weighted by molar-refractivity contribution is 0.0934. The lowest BCUT2D eigenvalue weighted by atomic mass is 9.87. The molecule has 0 aliphatic carbocycles. The van der Waals surface area contributed by atoms with Gasteiger partial charge in [0.2, 0.25) is 0 Å². The van der Waals surface area contributed by atoms with Gasteiger partial charge < -0.3 is 4.74 Å². The molecule has 160 valence electrons. The minimum Gasteiger partial charge on any atom is -0.492 e. The SMILES string of the molecule is CCCOc1ccc(C(=O)NC(=S)NNC(=O)c2ccc(C(C)(C)C)cc2)cc1Br. The highest BCUT2D eigenvalue weighted by Crippen LogP contribution is 2.26. The Bertz CT molecular complexity index is 924. The van der Waals surface area contributed by atoms with Crippen LogP contribution in [-0.2, 0) is 5.41 Å². The number of nitrogens with one attached hydrogen (secondary N) is 3. The molecular weight excluding hydrogens is 466 g/mol. The third-order valence-corrected chi connectivity index (χ3v) is 5.01. The lowest BCUT2D eigenvalue weighted by Gasteiger charge is -2.19. The maximum absolute atomic E-state index is 12.4. The van der Waals surface area contributed by atoms with E-state index in [-0.39, 0.29) is 16.4 Å². The third kappa shape index (κ3) is 6.81. The highest BCUT2D eigenvalue weighted by atomic mass is 79.9. The van der Waals surface area contributed by atoms with Gasteiger partial charge in [0.1, 0.15) is 5.75 Å². The number of hydrogen-bond donors (Lipinski definition) is 3. The van der Waals surface area contributed by atoms with E-state index in [0.717, 1.165) is 12.0 Å². The normalized spacial score (nSPS) is 10.8. The van der Waals surface area contributed by atoms with E-state index in [9.17, 15) is 9.59 Å². The number of benzene rings is 2. The third-order valence-electron chi connectivity index (χ3n) is 4.19. The van der Waals surface area contributed by atoms with E-state index >= 15 is 0 Å². The number of thiocarbonyl (C=S) groups is 1. The number of hydrogen-bond acceptors (Lipinski definition) is 4. The van der Waals surface area contributed by atoms with Crippen molar-refractivity contribution in [2.75, 3.05) is 6.61 Å². The van der Waals surface area contributed by atoms with Gasteiger partial charge >= 0.3 is 0 Å². The van der Waals surface area contributed by atoms with Crippen molar-refractivity contribution >= 4 is 45.1 Å².